The first-order valence-corrected chi connectivity index (χ1v) is 9.48. The first-order chi connectivity index (χ1) is 12.7. The van der Waals surface area contributed by atoms with Gasteiger partial charge in [0.05, 0.1) is 0 Å². The Balaban J connectivity index is 2.23. The Morgan fingerprint density at radius 3 is 2.69 bits per heavy atom. The van der Waals surface area contributed by atoms with Gasteiger partial charge in [-0.05, 0) is 38.3 Å². The fraction of sp³-hybridized carbons (Fsp3) is 0.632. The molecule has 0 bridgehead atoms. The third-order valence-corrected chi connectivity index (χ3v) is 3.53. The lowest BCUT2D eigenvalue weighted by molar-refractivity contribution is -0.116. The van der Waals surface area contributed by atoms with E-state index in [4.69, 9.17) is 4.74 Å². The number of unbranched alkanes of at least 4 members (excludes halogenated alkanes) is 1. The zero-order valence-electron chi connectivity index (χ0n) is 16.3. The predicted octanol–water partition coefficient (Wildman–Crippen LogP) is 2.48. The van der Waals surface area contributed by atoms with Crippen LogP contribution in [0.15, 0.2) is 23.3 Å². The SMILES string of the molecule is CCCCOCCCN=C(NCC)NCCC(=O)Nc1ccc(C)cn1. The van der Waals surface area contributed by atoms with Gasteiger partial charge in [0.15, 0.2) is 5.96 Å². The molecule has 1 heterocycles. The molecule has 0 aromatic carbocycles. The lowest BCUT2D eigenvalue weighted by atomic mass is 10.3. The molecule has 0 radical (unpaired) electrons. The number of carbonyl (C=O) groups is 1. The molecule has 0 unspecified atom stereocenters. The van der Waals surface area contributed by atoms with Crippen LogP contribution in [0.4, 0.5) is 5.82 Å². The van der Waals surface area contributed by atoms with E-state index in [0.717, 1.165) is 50.5 Å². The highest BCUT2D eigenvalue weighted by atomic mass is 16.5. The maximum absolute atomic E-state index is 12.0. The Kier molecular flexibility index (Phi) is 11.8. The molecule has 0 aliphatic rings. The molecular formula is C19H33N5O2. The van der Waals surface area contributed by atoms with Crippen molar-refractivity contribution in [2.45, 2.75) is 46.5 Å². The molecule has 7 nitrogen and oxygen atoms in total. The van der Waals surface area contributed by atoms with E-state index in [1.807, 2.05) is 19.9 Å². The minimum Gasteiger partial charge on any atom is -0.381 e. The van der Waals surface area contributed by atoms with E-state index in [2.05, 4.69) is 32.9 Å². The number of nitrogens with one attached hydrogen (secondary N) is 3. The summed E-state index contributed by atoms with van der Waals surface area (Å²) >= 11 is 0. The average Bonchev–Trinajstić information content (AvgIpc) is 2.63. The standard InChI is InChI=1S/C19H33N5O2/c1-4-6-13-26-14-7-11-21-19(20-5-2)22-12-10-18(25)24-17-9-8-16(3)15-23-17/h8-9,15H,4-7,10-14H2,1-3H3,(H2,20,21,22)(H,23,24,25). The zero-order valence-corrected chi connectivity index (χ0v) is 16.3. The molecule has 0 saturated carbocycles. The molecule has 0 aliphatic carbocycles. The predicted molar refractivity (Wildman–Crippen MR) is 107 cm³/mol. The molecule has 1 rings (SSSR count). The van der Waals surface area contributed by atoms with Gasteiger partial charge in [0.2, 0.25) is 5.91 Å². The van der Waals surface area contributed by atoms with E-state index >= 15 is 0 Å². The molecule has 0 spiro atoms. The number of anilines is 1. The Bertz CT molecular complexity index is 531. The van der Waals surface area contributed by atoms with Gasteiger partial charge in [-0.25, -0.2) is 4.98 Å². The van der Waals surface area contributed by atoms with Crippen molar-refractivity contribution < 1.29 is 9.53 Å². The topological polar surface area (TPSA) is 87.6 Å². The Morgan fingerprint density at radius 2 is 2.00 bits per heavy atom. The number of pyridine rings is 1. The number of carbonyl (C=O) groups excluding carboxylic acids is 1. The Labute approximate surface area is 157 Å². The third-order valence-electron chi connectivity index (χ3n) is 3.53. The second kappa shape index (κ2) is 14.1. The number of aryl methyl sites for hydroxylation is 1. The summed E-state index contributed by atoms with van der Waals surface area (Å²) in [7, 11) is 0. The second-order valence-electron chi connectivity index (χ2n) is 6.03. The largest absolute Gasteiger partial charge is 0.381 e. The molecule has 1 amide bonds. The fourth-order valence-corrected chi connectivity index (χ4v) is 2.09. The van der Waals surface area contributed by atoms with Gasteiger partial charge in [0, 0.05) is 45.5 Å². The summed E-state index contributed by atoms with van der Waals surface area (Å²) in [4.78, 5) is 20.6. The second-order valence-corrected chi connectivity index (χ2v) is 6.03. The number of hydrogen-bond donors (Lipinski definition) is 3. The zero-order chi connectivity index (χ0) is 19.0. The maximum Gasteiger partial charge on any atom is 0.227 e. The summed E-state index contributed by atoms with van der Waals surface area (Å²) in [6.45, 7) is 9.66. The highest BCUT2D eigenvalue weighted by molar-refractivity contribution is 5.90. The van der Waals surface area contributed by atoms with Crippen LogP contribution in [0.25, 0.3) is 0 Å². The Hall–Kier alpha value is -2.15. The van der Waals surface area contributed by atoms with Gasteiger partial charge in [-0.15, -0.1) is 0 Å². The third kappa shape index (κ3) is 10.7. The van der Waals surface area contributed by atoms with Crippen molar-refractivity contribution >= 4 is 17.7 Å². The molecule has 1 aromatic heterocycles. The molecule has 3 N–H and O–H groups in total. The maximum atomic E-state index is 12.0. The Morgan fingerprint density at radius 1 is 1.19 bits per heavy atom. The lowest BCUT2D eigenvalue weighted by Gasteiger charge is -2.11. The van der Waals surface area contributed by atoms with Crippen LogP contribution < -0.4 is 16.0 Å². The monoisotopic (exact) mass is 363 g/mol. The first kappa shape index (κ1) is 21.9. The van der Waals surface area contributed by atoms with Crippen molar-refractivity contribution in [3.8, 4) is 0 Å². The van der Waals surface area contributed by atoms with Crippen molar-refractivity contribution in [2.75, 3.05) is 38.2 Å². The molecule has 0 atom stereocenters. The van der Waals surface area contributed by atoms with E-state index in [9.17, 15) is 4.79 Å². The van der Waals surface area contributed by atoms with Crippen molar-refractivity contribution in [1.29, 1.82) is 0 Å². The van der Waals surface area contributed by atoms with E-state index < -0.39 is 0 Å². The molecule has 146 valence electrons. The molecule has 26 heavy (non-hydrogen) atoms. The van der Waals surface area contributed by atoms with Crippen molar-refractivity contribution in [2.24, 2.45) is 4.99 Å². The summed E-state index contributed by atoms with van der Waals surface area (Å²) in [6, 6.07) is 3.72. The summed E-state index contributed by atoms with van der Waals surface area (Å²) in [5, 5.41) is 9.14. The molecule has 0 saturated heterocycles. The van der Waals surface area contributed by atoms with E-state index in [1.54, 1.807) is 12.3 Å². The highest BCUT2D eigenvalue weighted by Crippen LogP contribution is 2.03. The van der Waals surface area contributed by atoms with Gasteiger partial charge in [0.25, 0.3) is 0 Å². The lowest BCUT2D eigenvalue weighted by Crippen LogP contribution is -2.38. The highest BCUT2D eigenvalue weighted by Gasteiger charge is 2.04. The summed E-state index contributed by atoms with van der Waals surface area (Å²) in [5.41, 5.74) is 1.06. The number of nitrogens with zero attached hydrogens (tertiary/aromatic N) is 2. The number of ether oxygens (including phenoxy) is 1. The number of hydrogen-bond acceptors (Lipinski definition) is 4. The van der Waals surface area contributed by atoms with Crippen LogP contribution in [-0.2, 0) is 9.53 Å². The van der Waals surface area contributed by atoms with Gasteiger partial charge in [0.1, 0.15) is 5.82 Å². The van der Waals surface area contributed by atoms with Crippen molar-refractivity contribution in [3.05, 3.63) is 23.9 Å². The average molecular weight is 364 g/mol. The van der Waals surface area contributed by atoms with E-state index in [1.165, 1.54) is 0 Å². The van der Waals surface area contributed by atoms with E-state index in [-0.39, 0.29) is 5.91 Å². The quantitative estimate of drug-likeness (QED) is 0.302. The van der Waals surface area contributed by atoms with Crippen molar-refractivity contribution in [1.82, 2.24) is 15.6 Å². The molecule has 1 aromatic rings. The number of aliphatic imine (C=N–C) groups is 1. The molecule has 7 heteroatoms. The number of rotatable bonds is 12. The number of amides is 1. The van der Waals surface area contributed by atoms with Crippen LogP contribution in [-0.4, -0.2) is 49.7 Å². The summed E-state index contributed by atoms with van der Waals surface area (Å²) in [6.07, 6.45) is 5.23. The minimum atomic E-state index is -0.0750. The number of guanidine groups is 1. The van der Waals surface area contributed by atoms with Gasteiger partial charge < -0.3 is 20.7 Å². The summed E-state index contributed by atoms with van der Waals surface area (Å²) in [5.74, 6) is 1.22. The first-order valence-electron chi connectivity index (χ1n) is 9.48. The normalized spacial score (nSPS) is 11.3. The van der Waals surface area contributed by atoms with Crippen molar-refractivity contribution in [3.63, 3.8) is 0 Å². The van der Waals surface area contributed by atoms with Gasteiger partial charge in [-0.2, -0.15) is 0 Å². The smallest absolute Gasteiger partial charge is 0.227 e. The molecule has 0 fully saturated rings. The van der Waals surface area contributed by atoms with Gasteiger partial charge in [-0.3, -0.25) is 9.79 Å². The minimum absolute atomic E-state index is 0.0750. The van der Waals surface area contributed by atoms with Crippen LogP contribution in [0, 0.1) is 6.92 Å². The van der Waals surface area contributed by atoms with Crippen LogP contribution in [0.5, 0.6) is 0 Å². The van der Waals surface area contributed by atoms with Gasteiger partial charge in [-0.1, -0.05) is 19.4 Å². The number of aromatic nitrogens is 1. The summed E-state index contributed by atoms with van der Waals surface area (Å²) < 4.78 is 5.52. The van der Waals surface area contributed by atoms with Crippen LogP contribution in [0.2, 0.25) is 0 Å². The van der Waals surface area contributed by atoms with Gasteiger partial charge >= 0.3 is 0 Å². The fourth-order valence-electron chi connectivity index (χ4n) is 2.09. The van der Waals surface area contributed by atoms with Crippen LogP contribution in [0.1, 0.15) is 45.1 Å². The molecule has 0 aliphatic heterocycles. The van der Waals surface area contributed by atoms with Crippen LogP contribution in [0.3, 0.4) is 0 Å². The van der Waals surface area contributed by atoms with E-state index in [0.29, 0.717) is 25.3 Å². The molecular weight excluding hydrogens is 330 g/mol. The van der Waals surface area contributed by atoms with Crippen LogP contribution >= 0.6 is 0 Å².